The lowest BCUT2D eigenvalue weighted by atomic mass is 10.1. The molecule has 0 heterocycles. The van der Waals surface area contributed by atoms with Crippen molar-refractivity contribution in [2.45, 2.75) is 115 Å². The minimum absolute atomic E-state index is 0.0331. The van der Waals surface area contributed by atoms with Crippen LogP contribution < -0.4 is 43.1 Å². The van der Waals surface area contributed by atoms with Crippen molar-refractivity contribution in [1.82, 2.24) is 37.3 Å². The molecule has 0 aliphatic rings. The number of hydrogen-bond donors (Lipinski definition) is 8. The molecule has 0 bridgehead atoms. The summed E-state index contributed by atoms with van der Waals surface area (Å²) >= 11 is 0. The minimum Gasteiger partial charge on any atom is -0.461 e. The van der Waals surface area contributed by atoms with Crippen LogP contribution in [0.1, 0.15) is 74.3 Å². The SMILES string of the molecule is CC(C)(C)OC(=O)N[C@@H](CC(=O)OCc1ccccc1)C(=O)N[C@@H](COCc1ccccc1)C(=O)N[C@@H](CCCN=C(N)N[N+](=O)[O-])C(=O)NCC(=O)N[C@@H](CC(=O)OCc1ccccc1)C(=O)N[C@@H](COCc1ccccc1)C(=O)OCc1ccccc1. The molecule has 0 radical (unpaired) electrons. The van der Waals surface area contributed by atoms with Crippen LogP contribution in [-0.2, 0) is 99.8 Å². The number of nitrogens with two attached hydrogens (primary N) is 1. The number of amides is 6. The van der Waals surface area contributed by atoms with Gasteiger partial charge < -0.3 is 66.1 Å². The Morgan fingerprint density at radius 3 is 1.35 bits per heavy atom. The summed E-state index contributed by atoms with van der Waals surface area (Å²) in [6.07, 6.45) is -2.97. The summed E-state index contributed by atoms with van der Waals surface area (Å²) < 4.78 is 33.5. The molecule has 5 rings (SSSR count). The number of rotatable bonds is 35. The summed E-state index contributed by atoms with van der Waals surface area (Å²) in [5.41, 5.74) is 9.55. The van der Waals surface area contributed by atoms with Gasteiger partial charge in [0.05, 0.1) is 45.8 Å². The van der Waals surface area contributed by atoms with Crippen molar-refractivity contribution in [3.8, 4) is 0 Å². The highest BCUT2D eigenvalue weighted by atomic mass is 16.7. The van der Waals surface area contributed by atoms with Gasteiger partial charge in [-0.15, -0.1) is 0 Å². The Hall–Kier alpha value is -10.3. The van der Waals surface area contributed by atoms with Crippen molar-refractivity contribution in [2.24, 2.45) is 10.7 Å². The number of nitrogens with zero attached hydrogens (tertiary/aromatic N) is 2. The molecule has 6 amide bonds. The fourth-order valence-electron chi connectivity index (χ4n) is 7.96. The molecule has 474 valence electrons. The van der Waals surface area contributed by atoms with E-state index in [1.54, 1.807) is 172 Å². The predicted molar refractivity (Wildman–Crippen MR) is 320 cm³/mol. The summed E-state index contributed by atoms with van der Waals surface area (Å²) in [4.78, 5) is 139. The number of benzene rings is 5. The van der Waals surface area contributed by atoms with Gasteiger partial charge in [0.15, 0.2) is 11.1 Å². The Balaban J connectivity index is 1.37. The van der Waals surface area contributed by atoms with Gasteiger partial charge in [-0.05, 0) is 61.4 Å². The maximum atomic E-state index is 14.5. The lowest BCUT2D eigenvalue weighted by molar-refractivity contribution is -0.525. The number of hydrogen-bond acceptors (Lipinski definition) is 18. The number of esters is 3. The number of hydrazine groups is 1. The van der Waals surface area contributed by atoms with Gasteiger partial charge >= 0.3 is 24.0 Å². The van der Waals surface area contributed by atoms with E-state index in [9.17, 15) is 53.3 Å². The molecule has 5 atom stereocenters. The molecular weight excluding hydrogens is 1160 g/mol. The first-order chi connectivity index (χ1) is 42.7. The van der Waals surface area contributed by atoms with E-state index in [1.807, 2.05) is 6.07 Å². The Labute approximate surface area is 513 Å². The second kappa shape index (κ2) is 37.3. The smallest absolute Gasteiger partial charge is 0.408 e. The van der Waals surface area contributed by atoms with E-state index in [2.05, 4.69) is 36.9 Å². The molecule has 0 aliphatic carbocycles. The predicted octanol–water partition coefficient (Wildman–Crippen LogP) is 3.26. The van der Waals surface area contributed by atoms with Crippen LogP contribution in [0.3, 0.4) is 0 Å². The topological polar surface area (TPSA) is 375 Å². The molecule has 9 N–H and O–H groups in total. The molecule has 0 fully saturated rings. The molecule has 0 saturated carbocycles. The summed E-state index contributed by atoms with van der Waals surface area (Å²) in [5, 5.41) is 24.7. The van der Waals surface area contributed by atoms with Gasteiger partial charge in [-0.3, -0.25) is 33.6 Å². The van der Waals surface area contributed by atoms with Gasteiger partial charge in [-0.25, -0.2) is 24.7 Å². The van der Waals surface area contributed by atoms with Crippen LogP contribution in [0.5, 0.6) is 0 Å². The Kier molecular flexibility index (Phi) is 29.1. The van der Waals surface area contributed by atoms with Gasteiger partial charge in [0, 0.05) is 6.54 Å². The molecule has 0 unspecified atom stereocenters. The minimum atomic E-state index is -1.74. The fourth-order valence-corrected chi connectivity index (χ4v) is 7.96. The molecule has 5 aromatic rings. The standard InChI is InChI=1S/C62H74N10O17/c1-62(2,3)89-61(81)70-49(33-54(75)87-38-45-26-15-7-16-27-45)57(78)68-50(40-84-35-42-20-9-4-10-21-42)58(79)67-47(30-19-31-64-60(63)71-72(82)83)55(76)65-34-52(73)66-48(32-53(74)86-37-44-24-13-6-14-25-44)56(77)69-51(41-85-36-43-22-11-5-12-23-43)59(80)88-39-46-28-17-8-18-29-46/h4-18,20-29,47-51H,19,30-41H2,1-3H3,(H,65,76)(H,66,73)(H,67,79)(H,68,78)(H,69,77)(H,70,81)(H3,63,64,71)/t47-,48-,49-,50-,51-/m0/s1. The molecule has 0 aliphatic heterocycles. The number of nitrogens with one attached hydrogen (secondary N) is 7. The first kappa shape index (κ1) is 69.5. The molecule has 89 heavy (non-hydrogen) atoms. The molecule has 0 spiro atoms. The van der Waals surface area contributed by atoms with Crippen molar-refractivity contribution < 1.29 is 76.6 Å². The molecule has 27 heteroatoms. The maximum absolute atomic E-state index is 14.5. The van der Waals surface area contributed by atoms with Crippen LogP contribution in [0.15, 0.2) is 157 Å². The van der Waals surface area contributed by atoms with Crippen LogP contribution in [0.25, 0.3) is 0 Å². The second-order valence-electron chi connectivity index (χ2n) is 20.8. The Morgan fingerprint density at radius 1 is 0.506 bits per heavy atom. The zero-order valence-electron chi connectivity index (χ0n) is 49.4. The summed E-state index contributed by atoms with van der Waals surface area (Å²) in [5.74, 6) is -8.56. The zero-order chi connectivity index (χ0) is 64.4. The van der Waals surface area contributed by atoms with Crippen molar-refractivity contribution in [1.29, 1.82) is 0 Å². The summed E-state index contributed by atoms with van der Waals surface area (Å²) in [6, 6.07) is 35.5. The summed E-state index contributed by atoms with van der Waals surface area (Å²) in [6.45, 7) is 2.04. The van der Waals surface area contributed by atoms with Gasteiger partial charge in [0.25, 0.3) is 5.96 Å². The van der Waals surface area contributed by atoms with E-state index in [-0.39, 0.29) is 52.4 Å². The number of aliphatic imine (C=N–C) groups is 1. The zero-order valence-corrected chi connectivity index (χ0v) is 49.4. The largest absolute Gasteiger partial charge is 0.461 e. The fraction of sp³-hybridized carbons (Fsp3) is 0.355. The lowest BCUT2D eigenvalue weighted by Gasteiger charge is -2.26. The maximum Gasteiger partial charge on any atom is 0.408 e. The van der Waals surface area contributed by atoms with E-state index in [4.69, 9.17) is 34.2 Å². The number of nitro groups is 1. The van der Waals surface area contributed by atoms with E-state index in [0.717, 1.165) is 5.56 Å². The number of carbonyl (C=O) groups is 9. The average Bonchev–Trinajstić information content (AvgIpc) is 2.93. The van der Waals surface area contributed by atoms with Crippen LogP contribution in [-0.4, -0.2) is 127 Å². The highest BCUT2D eigenvalue weighted by Gasteiger charge is 2.34. The normalized spacial score (nSPS) is 12.8. The number of ether oxygens (including phenoxy) is 6. The van der Waals surface area contributed by atoms with Crippen LogP contribution >= 0.6 is 0 Å². The highest BCUT2D eigenvalue weighted by molar-refractivity contribution is 5.97. The molecule has 27 nitrogen and oxygen atoms in total. The van der Waals surface area contributed by atoms with Gasteiger partial charge in [-0.1, -0.05) is 157 Å². The number of carbonyl (C=O) groups excluding carboxylic acids is 9. The number of alkyl carbamates (subject to hydrolysis) is 1. The van der Waals surface area contributed by atoms with Gasteiger partial charge in [0.2, 0.25) is 29.5 Å². The molecule has 0 saturated heterocycles. The van der Waals surface area contributed by atoms with Crippen LogP contribution in [0.4, 0.5) is 4.79 Å². The Morgan fingerprint density at radius 2 is 0.899 bits per heavy atom. The quantitative estimate of drug-likeness (QED) is 0.00549. The first-order valence-corrected chi connectivity index (χ1v) is 28.2. The number of guanidine groups is 1. The third-order valence-corrected chi connectivity index (χ3v) is 12.3. The highest BCUT2D eigenvalue weighted by Crippen LogP contribution is 2.12. The lowest BCUT2D eigenvalue weighted by Crippen LogP contribution is -2.59. The van der Waals surface area contributed by atoms with Crippen LogP contribution in [0.2, 0.25) is 0 Å². The van der Waals surface area contributed by atoms with Crippen molar-refractivity contribution in [2.75, 3.05) is 26.3 Å². The van der Waals surface area contributed by atoms with Crippen molar-refractivity contribution in [3.05, 3.63) is 190 Å². The van der Waals surface area contributed by atoms with E-state index in [1.165, 1.54) is 0 Å². The molecule has 0 aromatic heterocycles. The average molecular weight is 1230 g/mol. The second-order valence-corrected chi connectivity index (χ2v) is 20.8. The molecular formula is C62H74N10O17. The van der Waals surface area contributed by atoms with E-state index in [0.29, 0.717) is 22.3 Å². The third-order valence-electron chi connectivity index (χ3n) is 12.3. The van der Waals surface area contributed by atoms with Gasteiger partial charge in [-0.2, -0.15) is 0 Å². The monoisotopic (exact) mass is 1230 g/mol. The van der Waals surface area contributed by atoms with E-state index >= 15 is 0 Å². The first-order valence-electron chi connectivity index (χ1n) is 28.2. The van der Waals surface area contributed by atoms with Crippen molar-refractivity contribution >= 4 is 59.5 Å². The van der Waals surface area contributed by atoms with Crippen LogP contribution in [0, 0.1) is 10.1 Å². The Bertz CT molecular complexity index is 3120. The molecule has 5 aromatic carbocycles. The van der Waals surface area contributed by atoms with Crippen molar-refractivity contribution in [3.63, 3.8) is 0 Å². The van der Waals surface area contributed by atoms with Gasteiger partial charge in [0.1, 0.15) is 49.6 Å². The third kappa shape index (κ3) is 28.2. The van der Waals surface area contributed by atoms with E-state index < -0.39 is 133 Å². The summed E-state index contributed by atoms with van der Waals surface area (Å²) in [7, 11) is 0.